The SMILES string of the molecule is C=CC(=O)N(CC)CCC(C)(C)CCCC. The number of carbonyl (C=O) groups excluding carboxylic acids is 1. The molecule has 0 N–H and O–H groups in total. The Bertz CT molecular complexity index is 221. The average molecular weight is 225 g/mol. The van der Waals surface area contributed by atoms with Gasteiger partial charge in [-0.3, -0.25) is 4.79 Å². The zero-order valence-corrected chi connectivity index (χ0v) is 11.4. The summed E-state index contributed by atoms with van der Waals surface area (Å²) in [6.45, 7) is 14.0. The number of hydrogen-bond donors (Lipinski definition) is 0. The molecule has 0 fully saturated rings. The second-order valence-electron chi connectivity index (χ2n) is 5.14. The fourth-order valence-corrected chi connectivity index (χ4v) is 1.77. The summed E-state index contributed by atoms with van der Waals surface area (Å²) < 4.78 is 0. The zero-order valence-electron chi connectivity index (χ0n) is 11.4. The molecule has 0 bridgehead atoms. The summed E-state index contributed by atoms with van der Waals surface area (Å²) in [7, 11) is 0. The number of nitrogens with zero attached hydrogens (tertiary/aromatic N) is 1. The number of amides is 1. The number of unbranched alkanes of at least 4 members (excludes halogenated alkanes) is 1. The third-order valence-electron chi connectivity index (χ3n) is 3.13. The number of likely N-dealkylation sites (N-methyl/N-ethyl adjacent to an activating group) is 1. The molecule has 0 aromatic heterocycles. The Morgan fingerprint density at radius 1 is 1.31 bits per heavy atom. The Labute approximate surface area is 101 Å². The molecular formula is C14H27NO. The lowest BCUT2D eigenvalue weighted by molar-refractivity contribution is -0.126. The van der Waals surface area contributed by atoms with Crippen molar-refractivity contribution in [2.24, 2.45) is 5.41 Å². The summed E-state index contributed by atoms with van der Waals surface area (Å²) in [4.78, 5) is 13.3. The minimum Gasteiger partial charge on any atom is -0.339 e. The molecular weight excluding hydrogens is 198 g/mol. The van der Waals surface area contributed by atoms with Gasteiger partial charge < -0.3 is 4.90 Å². The zero-order chi connectivity index (χ0) is 12.6. The topological polar surface area (TPSA) is 20.3 Å². The Balaban J connectivity index is 4.08. The standard InChI is InChI=1S/C14H27NO/c1-6-9-10-14(4,5)11-12-15(8-3)13(16)7-2/h7H,2,6,8-12H2,1,3-5H3. The van der Waals surface area contributed by atoms with Gasteiger partial charge in [0.05, 0.1) is 0 Å². The minimum atomic E-state index is 0.0498. The van der Waals surface area contributed by atoms with E-state index in [0.717, 1.165) is 19.5 Å². The summed E-state index contributed by atoms with van der Waals surface area (Å²) in [5, 5.41) is 0. The fraction of sp³-hybridized carbons (Fsp3) is 0.786. The molecule has 94 valence electrons. The van der Waals surface area contributed by atoms with Crippen molar-refractivity contribution < 1.29 is 4.79 Å². The molecule has 1 amide bonds. The van der Waals surface area contributed by atoms with Crippen LogP contribution in [0.15, 0.2) is 12.7 Å². The second-order valence-corrected chi connectivity index (χ2v) is 5.14. The molecule has 0 aromatic carbocycles. The Hall–Kier alpha value is -0.790. The van der Waals surface area contributed by atoms with E-state index in [1.807, 2.05) is 11.8 Å². The van der Waals surface area contributed by atoms with Crippen LogP contribution in [0.2, 0.25) is 0 Å². The third kappa shape index (κ3) is 5.94. The highest BCUT2D eigenvalue weighted by Crippen LogP contribution is 2.27. The first-order valence-corrected chi connectivity index (χ1v) is 6.38. The molecule has 16 heavy (non-hydrogen) atoms. The van der Waals surface area contributed by atoms with Gasteiger partial charge in [-0.05, 0) is 31.3 Å². The Kier molecular flexibility index (Phi) is 7.11. The van der Waals surface area contributed by atoms with Gasteiger partial charge in [-0.15, -0.1) is 0 Å². The van der Waals surface area contributed by atoms with Crippen LogP contribution in [-0.4, -0.2) is 23.9 Å². The Morgan fingerprint density at radius 3 is 2.38 bits per heavy atom. The Morgan fingerprint density at radius 2 is 1.94 bits per heavy atom. The predicted molar refractivity (Wildman–Crippen MR) is 70.4 cm³/mol. The summed E-state index contributed by atoms with van der Waals surface area (Å²) in [5.74, 6) is 0.0498. The van der Waals surface area contributed by atoms with Gasteiger partial charge in [0, 0.05) is 13.1 Å². The van der Waals surface area contributed by atoms with Crippen LogP contribution in [0.5, 0.6) is 0 Å². The maximum Gasteiger partial charge on any atom is 0.245 e. The van der Waals surface area contributed by atoms with Crippen molar-refractivity contribution in [3.63, 3.8) is 0 Å². The molecule has 0 saturated heterocycles. The first-order chi connectivity index (χ1) is 7.46. The van der Waals surface area contributed by atoms with Crippen molar-refractivity contribution in [3.8, 4) is 0 Å². The smallest absolute Gasteiger partial charge is 0.245 e. The molecule has 0 aliphatic rings. The molecule has 0 unspecified atom stereocenters. The van der Waals surface area contributed by atoms with Crippen LogP contribution in [0.1, 0.15) is 53.4 Å². The van der Waals surface area contributed by atoms with Crippen molar-refractivity contribution in [3.05, 3.63) is 12.7 Å². The van der Waals surface area contributed by atoms with Gasteiger partial charge in [0.25, 0.3) is 0 Å². The predicted octanol–water partition coefficient (Wildman–Crippen LogP) is 3.63. The quantitative estimate of drug-likeness (QED) is 0.578. The van der Waals surface area contributed by atoms with Crippen molar-refractivity contribution >= 4 is 5.91 Å². The lowest BCUT2D eigenvalue weighted by atomic mass is 9.84. The molecule has 0 heterocycles. The highest BCUT2D eigenvalue weighted by Gasteiger charge is 2.19. The summed E-state index contributed by atoms with van der Waals surface area (Å²) >= 11 is 0. The summed E-state index contributed by atoms with van der Waals surface area (Å²) in [5.41, 5.74) is 0.338. The molecule has 0 saturated carbocycles. The van der Waals surface area contributed by atoms with Crippen LogP contribution in [0, 0.1) is 5.41 Å². The first-order valence-electron chi connectivity index (χ1n) is 6.38. The molecule has 0 aliphatic carbocycles. The average Bonchev–Trinajstić information content (AvgIpc) is 2.26. The highest BCUT2D eigenvalue weighted by molar-refractivity contribution is 5.86. The minimum absolute atomic E-state index is 0.0498. The molecule has 0 radical (unpaired) electrons. The van der Waals surface area contributed by atoms with Crippen LogP contribution in [0.4, 0.5) is 0 Å². The van der Waals surface area contributed by atoms with E-state index in [2.05, 4.69) is 27.4 Å². The number of carbonyl (C=O) groups is 1. The van der Waals surface area contributed by atoms with E-state index in [4.69, 9.17) is 0 Å². The van der Waals surface area contributed by atoms with Crippen molar-refractivity contribution in [1.29, 1.82) is 0 Å². The largest absolute Gasteiger partial charge is 0.339 e. The molecule has 0 atom stereocenters. The second kappa shape index (κ2) is 7.48. The van der Waals surface area contributed by atoms with Crippen molar-refractivity contribution in [1.82, 2.24) is 4.90 Å². The lowest BCUT2D eigenvalue weighted by Crippen LogP contribution is -2.32. The third-order valence-corrected chi connectivity index (χ3v) is 3.13. The van der Waals surface area contributed by atoms with E-state index < -0.39 is 0 Å². The lowest BCUT2D eigenvalue weighted by Gasteiger charge is -2.28. The van der Waals surface area contributed by atoms with E-state index in [9.17, 15) is 4.79 Å². The highest BCUT2D eigenvalue weighted by atomic mass is 16.2. The maximum atomic E-state index is 11.5. The molecule has 2 heteroatoms. The normalized spacial score (nSPS) is 11.2. The summed E-state index contributed by atoms with van der Waals surface area (Å²) in [6.07, 6.45) is 6.23. The van der Waals surface area contributed by atoms with Gasteiger partial charge in [0.2, 0.25) is 5.91 Å². The van der Waals surface area contributed by atoms with Crippen LogP contribution in [0.3, 0.4) is 0 Å². The van der Waals surface area contributed by atoms with E-state index in [1.165, 1.54) is 25.3 Å². The van der Waals surface area contributed by atoms with E-state index in [1.54, 1.807) is 0 Å². The van der Waals surface area contributed by atoms with Gasteiger partial charge in [-0.1, -0.05) is 40.2 Å². The monoisotopic (exact) mass is 225 g/mol. The van der Waals surface area contributed by atoms with Crippen LogP contribution in [-0.2, 0) is 4.79 Å². The van der Waals surface area contributed by atoms with Crippen LogP contribution >= 0.6 is 0 Å². The van der Waals surface area contributed by atoms with E-state index in [-0.39, 0.29) is 5.91 Å². The van der Waals surface area contributed by atoms with Crippen LogP contribution in [0.25, 0.3) is 0 Å². The van der Waals surface area contributed by atoms with Gasteiger partial charge in [0.15, 0.2) is 0 Å². The van der Waals surface area contributed by atoms with Crippen molar-refractivity contribution in [2.75, 3.05) is 13.1 Å². The van der Waals surface area contributed by atoms with E-state index >= 15 is 0 Å². The molecule has 0 aromatic rings. The fourth-order valence-electron chi connectivity index (χ4n) is 1.77. The van der Waals surface area contributed by atoms with Crippen molar-refractivity contribution in [2.45, 2.75) is 53.4 Å². The molecule has 2 nitrogen and oxygen atoms in total. The number of rotatable bonds is 8. The molecule has 0 aliphatic heterocycles. The van der Waals surface area contributed by atoms with Gasteiger partial charge in [0.1, 0.15) is 0 Å². The number of hydrogen-bond acceptors (Lipinski definition) is 1. The molecule has 0 rings (SSSR count). The first kappa shape index (κ1) is 15.2. The van der Waals surface area contributed by atoms with Gasteiger partial charge in [-0.25, -0.2) is 0 Å². The van der Waals surface area contributed by atoms with Gasteiger partial charge >= 0.3 is 0 Å². The van der Waals surface area contributed by atoms with Gasteiger partial charge in [-0.2, -0.15) is 0 Å². The molecule has 0 spiro atoms. The summed E-state index contributed by atoms with van der Waals surface area (Å²) in [6, 6.07) is 0. The van der Waals surface area contributed by atoms with E-state index in [0.29, 0.717) is 5.41 Å². The maximum absolute atomic E-state index is 11.5. The van der Waals surface area contributed by atoms with Crippen LogP contribution < -0.4 is 0 Å².